The second-order valence-corrected chi connectivity index (χ2v) is 17.4. The summed E-state index contributed by atoms with van der Waals surface area (Å²) in [5.74, 6) is 2.25. The number of pyridine rings is 2. The number of hydrazine groups is 1. The van der Waals surface area contributed by atoms with Crippen LogP contribution in [0.15, 0.2) is 47.6 Å². The number of carbonyl (C=O) groups excluding carboxylic acids is 2. The van der Waals surface area contributed by atoms with E-state index in [1.807, 2.05) is 56.1 Å². The summed E-state index contributed by atoms with van der Waals surface area (Å²) in [5, 5.41) is 5.92. The van der Waals surface area contributed by atoms with Crippen LogP contribution in [0.5, 0.6) is 0 Å². The van der Waals surface area contributed by atoms with Gasteiger partial charge in [0.15, 0.2) is 0 Å². The lowest BCUT2D eigenvalue weighted by molar-refractivity contribution is 0.0130. The van der Waals surface area contributed by atoms with Crippen LogP contribution >= 0.6 is 23.5 Å². The highest BCUT2D eigenvalue weighted by molar-refractivity contribution is 7.97. The number of aromatic nitrogens is 2. The van der Waals surface area contributed by atoms with Crippen molar-refractivity contribution in [2.75, 3.05) is 30.0 Å². The molecular weight excluding hydrogens is 674 g/mol. The number of fused-ring (bicyclic) bond motifs is 1. The first-order chi connectivity index (χ1) is 23.8. The quantitative estimate of drug-likeness (QED) is 0.109. The van der Waals surface area contributed by atoms with Gasteiger partial charge in [-0.1, -0.05) is 17.7 Å². The van der Waals surface area contributed by atoms with Gasteiger partial charge in [-0.25, -0.2) is 14.8 Å². The van der Waals surface area contributed by atoms with Gasteiger partial charge in [-0.05, 0) is 139 Å². The van der Waals surface area contributed by atoms with Gasteiger partial charge in [0.1, 0.15) is 33.6 Å². The van der Waals surface area contributed by atoms with Crippen molar-refractivity contribution in [2.45, 2.75) is 108 Å². The maximum atomic E-state index is 13.0. The molecule has 11 nitrogen and oxygen atoms in total. The molecule has 0 aromatic carbocycles. The number of rotatable bonds is 13. The van der Waals surface area contributed by atoms with Crippen molar-refractivity contribution in [1.29, 1.82) is 0 Å². The first kappa shape index (κ1) is 35.3. The molecule has 0 radical (unpaired) electrons. The summed E-state index contributed by atoms with van der Waals surface area (Å²) in [6, 6.07) is 9.08. The molecule has 2 spiro atoms. The van der Waals surface area contributed by atoms with E-state index in [1.165, 1.54) is 25.7 Å². The van der Waals surface area contributed by atoms with E-state index < -0.39 is 5.60 Å². The number of hydrogen-bond donors (Lipinski definition) is 3. The fraction of sp³-hybridized carbons (Fsp3) is 0.622. The SMILES string of the molecule is CC(C)(C)OC(=O)N1CC(CCCNc2cccc(SNC(=O)c3ccc(N4C=CC(OCCC5C6(CC6)C56CC6)N4)nc3Cl)n2)CC1(C)C. The minimum Gasteiger partial charge on any atom is -0.444 e. The Labute approximate surface area is 304 Å². The van der Waals surface area contributed by atoms with Gasteiger partial charge in [0.25, 0.3) is 5.91 Å². The van der Waals surface area contributed by atoms with E-state index in [1.54, 1.807) is 17.1 Å². The molecule has 4 heterocycles. The Morgan fingerprint density at radius 3 is 2.54 bits per heavy atom. The van der Waals surface area contributed by atoms with Crippen LogP contribution in [0.4, 0.5) is 16.4 Å². The summed E-state index contributed by atoms with van der Waals surface area (Å²) < 4.78 is 14.6. The lowest BCUT2D eigenvalue weighted by atomic mass is 9.93. The molecule has 50 heavy (non-hydrogen) atoms. The van der Waals surface area contributed by atoms with E-state index in [2.05, 4.69) is 39.3 Å². The van der Waals surface area contributed by atoms with E-state index >= 15 is 0 Å². The van der Waals surface area contributed by atoms with E-state index in [0.717, 1.165) is 62.5 Å². The van der Waals surface area contributed by atoms with Crippen molar-refractivity contribution in [3.63, 3.8) is 0 Å². The van der Waals surface area contributed by atoms with E-state index in [9.17, 15) is 9.59 Å². The largest absolute Gasteiger partial charge is 0.444 e. The molecule has 2 amide bonds. The van der Waals surface area contributed by atoms with Gasteiger partial charge in [-0.15, -0.1) is 0 Å². The van der Waals surface area contributed by atoms with Gasteiger partial charge >= 0.3 is 6.09 Å². The van der Waals surface area contributed by atoms with Crippen LogP contribution in [-0.2, 0) is 9.47 Å². The number of carbonyl (C=O) groups is 2. The fourth-order valence-corrected chi connectivity index (χ4v) is 9.40. The summed E-state index contributed by atoms with van der Waals surface area (Å²) in [6.07, 6.45) is 13.1. The highest BCUT2D eigenvalue weighted by atomic mass is 35.5. The summed E-state index contributed by atoms with van der Waals surface area (Å²) in [6.45, 7) is 12.1. The zero-order chi connectivity index (χ0) is 35.3. The third-order valence-electron chi connectivity index (χ3n) is 11.2. The molecule has 3 aliphatic carbocycles. The van der Waals surface area contributed by atoms with E-state index in [0.29, 0.717) is 34.1 Å². The molecule has 2 aliphatic heterocycles. The molecule has 2 aromatic heterocycles. The van der Waals surface area contributed by atoms with Gasteiger partial charge in [0, 0.05) is 43.4 Å². The van der Waals surface area contributed by atoms with Crippen LogP contribution in [0.3, 0.4) is 0 Å². The third kappa shape index (κ3) is 7.45. The highest BCUT2D eigenvalue weighted by Crippen LogP contribution is 2.93. The Bertz CT molecular complexity index is 1620. The number of anilines is 2. The lowest BCUT2D eigenvalue weighted by Gasteiger charge is -2.33. The highest BCUT2D eigenvalue weighted by Gasteiger charge is 2.85. The van der Waals surface area contributed by atoms with Crippen LogP contribution in [0, 0.1) is 22.7 Å². The Hall–Kier alpha value is -3.06. The molecule has 5 aliphatic rings. The Morgan fingerprint density at radius 1 is 1.08 bits per heavy atom. The van der Waals surface area contributed by atoms with Gasteiger partial charge in [0.2, 0.25) is 0 Å². The molecular formula is C37H50ClN7O4S. The molecule has 2 unspecified atom stereocenters. The summed E-state index contributed by atoms with van der Waals surface area (Å²) in [4.78, 5) is 36.7. The number of amides is 2. The molecule has 3 N–H and O–H groups in total. The summed E-state index contributed by atoms with van der Waals surface area (Å²) >= 11 is 7.60. The average molecular weight is 724 g/mol. The number of nitrogens with one attached hydrogen (secondary N) is 3. The minimum absolute atomic E-state index is 0.113. The van der Waals surface area contributed by atoms with Crippen molar-refractivity contribution < 1.29 is 19.1 Å². The van der Waals surface area contributed by atoms with E-state index in [-0.39, 0.29) is 34.5 Å². The summed E-state index contributed by atoms with van der Waals surface area (Å²) in [7, 11) is 0. The third-order valence-corrected chi connectivity index (χ3v) is 12.2. The molecule has 4 fully saturated rings. The molecule has 0 bridgehead atoms. The van der Waals surface area contributed by atoms with Crippen molar-refractivity contribution in [3.05, 3.63) is 53.3 Å². The molecule has 1 saturated heterocycles. The Balaban J connectivity index is 0.817. The number of halogens is 1. The maximum Gasteiger partial charge on any atom is 0.410 e. The van der Waals surface area contributed by atoms with Crippen LogP contribution in [-0.4, -0.2) is 63.9 Å². The molecule has 7 rings (SSSR count). The van der Waals surface area contributed by atoms with Crippen LogP contribution in [0.1, 0.15) is 96.3 Å². The van der Waals surface area contributed by atoms with Crippen molar-refractivity contribution in [2.24, 2.45) is 22.7 Å². The van der Waals surface area contributed by atoms with Crippen molar-refractivity contribution in [3.8, 4) is 0 Å². The predicted molar refractivity (Wildman–Crippen MR) is 196 cm³/mol. The number of ether oxygens (including phenoxy) is 2. The normalized spacial score (nSPS) is 23.8. The van der Waals surface area contributed by atoms with Crippen LogP contribution < -0.4 is 20.5 Å². The topological polar surface area (TPSA) is 121 Å². The van der Waals surface area contributed by atoms with Gasteiger partial charge in [-0.2, -0.15) is 5.43 Å². The second-order valence-electron chi connectivity index (χ2n) is 16.2. The van der Waals surface area contributed by atoms with Gasteiger partial charge in [-0.3, -0.25) is 14.5 Å². The number of nitrogens with zero attached hydrogens (tertiary/aromatic N) is 4. The Kier molecular flexibility index (Phi) is 9.53. The zero-order valence-electron chi connectivity index (χ0n) is 29.8. The summed E-state index contributed by atoms with van der Waals surface area (Å²) in [5.41, 5.74) is 4.24. The predicted octanol–water partition coefficient (Wildman–Crippen LogP) is 7.56. The molecule has 270 valence electrons. The zero-order valence-corrected chi connectivity index (χ0v) is 31.3. The average Bonchev–Trinajstić information content (AvgIpc) is 4.01. The maximum absolute atomic E-state index is 13.0. The Morgan fingerprint density at radius 2 is 1.84 bits per heavy atom. The fourth-order valence-electron chi connectivity index (χ4n) is 8.57. The first-order valence-corrected chi connectivity index (χ1v) is 19.2. The van der Waals surface area contributed by atoms with Crippen LogP contribution in [0.25, 0.3) is 0 Å². The minimum atomic E-state index is -0.509. The van der Waals surface area contributed by atoms with Gasteiger partial charge < -0.3 is 19.7 Å². The van der Waals surface area contributed by atoms with Gasteiger partial charge in [0.05, 0.1) is 5.56 Å². The van der Waals surface area contributed by atoms with Crippen LogP contribution in [0.2, 0.25) is 5.15 Å². The molecule has 3 saturated carbocycles. The van der Waals surface area contributed by atoms with Crippen molar-refractivity contribution >= 4 is 47.2 Å². The molecule has 2 atom stereocenters. The molecule has 2 aromatic rings. The smallest absolute Gasteiger partial charge is 0.410 e. The molecule has 13 heteroatoms. The monoisotopic (exact) mass is 723 g/mol. The first-order valence-electron chi connectivity index (χ1n) is 18.0. The second kappa shape index (κ2) is 13.5. The standard InChI is InChI=1S/C37H50ClN7O4S/c1-34(2,3)49-33(47)44-23-24(22-35(44,4)5)8-7-19-39-27-9-6-10-30(40-27)50-43-32(46)25-11-12-28(41-31(25)38)45-20-13-29(42-45)48-21-14-26-36(15-16-36)37(26)17-18-37/h6,9-13,20,24,26,29,42H,7-8,14-19,21-23H2,1-5H3,(H,39,40)(H,43,46). The number of likely N-dealkylation sites (tertiary alicyclic amines) is 1. The lowest BCUT2D eigenvalue weighted by Crippen LogP contribution is -2.45. The van der Waals surface area contributed by atoms with E-state index in [4.69, 9.17) is 21.1 Å². The van der Waals surface area contributed by atoms with Crippen molar-refractivity contribution in [1.82, 2.24) is 25.0 Å². The number of hydrogen-bond acceptors (Lipinski definition) is 10.